The summed E-state index contributed by atoms with van der Waals surface area (Å²) in [5, 5.41) is 15.1. The molecule has 6 aromatic rings. The number of hydrogen-bond acceptors (Lipinski definition) is 8. The molecule has 1 unspecified atom stereocenters. The summed E-state index contributed by atoms with van der Waals surface area (Å²) in [6, 6.07) is 21.2. The zero-order valence-electron chi connectivity index (χ0n) is 27.4. The number of β-amino-alcohol motifs (C(OH)–C–C–N with tert-alkyl or cyclic N) is 1. The summed E-state index contributed by atoms with van der Waals surface area (Å²) in [6.45, 7) is 10.5. The number of hydrogen-bond donors (Lipinski definition) is 1. The third-order valence-electron chi connectivity index (χ3n) is 8.86. The molecular weight excluding hydrogens is 623 g/mol. The number of aliphatic hydroxyl groups excluding tert-OH is 1. The Bertz CT molecular complexity index is 2160. The lowest BCUT2D eigenvalue weighted by atomic mass is 10.1. The summed E-state index contributed by atoms with van der Waals surface area (Å²) in [5.74, 6) is 0.904. The summed E-state index contributed by atoms with van der Waals surface area (Å²) in [5.41, 5.74) is 6.89. The highest BCUT2D eigenvalue weighted by atomic mass is 32.2. The van der Waals surface area contributed by atoms with Crippen molar-refractivity contribution in [3.05, 3.63) is 114 Å². The van der Waals surface area contributed by atoms with Gasteiger partial charge in [-0.05, 0) is 56.7 Å². The molecular formula is C37H39N7O3S. The molecule has 0 saturated carbocycles. The van der Waals surface area contributed by atoms with Crippen LogP contribution in [0.5, 0.6) is 0 Å². The number of rotatable bonds is 9. The predicted octanol–water partition coefficient (Wildman–Crippen LogP) is 5.37. The van der Waals surface area contributed by atoms with Gasteiger partial charge in [0.1, 0.15) is 5.82 Å². The fourth-order valence-electron chi connectivity index (χ4n) is 6.34. The van der Waals surface area contributed by atoms with Crippen LogP contribution in [-0.2, 0) is 16.6 Å². The van der Waals surface area contributed by atoms with Gasteiger partial charge in [-0.3, -0.25) is 9.58 Å². The molecule has 1 atom stereocenters. The number of aromatic nitrogens is 5. The summed E-state index contributed by atoms with van der Waals surface area (Å²) in [6.07, 6.45) is 8.60. The second-order valence-corrected chi connectivity index (χ2v) is 14.5. The Kier molecular flexibility index (Phi) is 8.59. The maximum atomic E-state index is 14.0. The van der Waals surface area contributed by atoms with Crippen molar-refractivity contribution in [2.45, 2.75) is 38.3 Å². The first kappa shape index (κ1) is 31.7. The van der Waals surface area contributed by atoms with Gasteiger partial charge < -0.3 is 10.0 Å². The van der Waals surface area contributed by atoms with Crippen LogP contribution < -0.4 is 4.90 Å². The second-order valence-electron chi connectivity index (χ2n) is 12.7. The number of anilines is 1. The summed E-state index contributed by atoms with van der Waals surface area (Å²) in [4.78, 5) is 14.2. The van der Waals surface area contributed by atoms with Crippen molar-refractivity contribution in [3.8, 4) is 22.3 Å². The predicted molar refractivity (Wildman–Crippen MR) is 189 cm³/mol. The molecule has 5 heterocycles. The van der Waals surface area contributed by atoms with Crippen LogP contribution in [0.2, 0.25) is 0 Å². The standard InChI is InChI=1S/C37H39N7O3S/c1-26-7-10-33(11-8-26)48(46,47)44-25-35(32-21-40-43(24-32)23-29-6-4-5-27(2)17-29)34-18-31(20-39-37(34)44)30-9-12-36(38-19-30)42-15-13-41(14-16-42)22-28(3)45/h4-12,17-21,24-25,28,45H,13-16,22-23H2,1-3H3. The second kappa shape index (κ2) is 13.0. The number of aliphatic hydroxyl groups is 1. The van der Waals surface area contributed by atoms with E-state index in [0.717, 1.165) is 65.4 Å². The molecule has 0 bridgehead atoms. The molecule has 10 nitrogen and oxygen atoms in total. The highest BCUT2D eigenvalue weighted by molar-refractivity contribution is 7.90. The molecule has 48 heavy (non-hydrogen) atoms. The quantitative estimate of drug-likeness (QED) is 0.221. The molecule has 0 amide bonds. The third-order valence-corrected chi connectivity index (χ3v) is 10.5. The van der Waals surface area contributed by atoms with E-state index in [1.165, 1.54) is 9.54 Å². The van der Waals surface area contributed by atoms with Gasteiger partial charge in [0, 0.05) is 85.2 Å². The monoisotopic (exact) mass is 661 g/mol. The van der Waals surface area contributed by atoms with Crippen LogP contribution in [0.3, 0.4) is 0 Å². The topological polar surface area (TPSA) is 109 Å². The first-order valence-corrected chi connectivity index (χ1v) is 17.6. The van der Waals surface area contributed by atoms with Crippen molar-refractivity contribution in [2.75, 3.05) is 37.6 Å². The fraction of sp³-hybridized carbons (Fsp3) is 0.270. The first-order chi connectivity index (χ1) is 23.1. The molecule has 7 rings (SSSR count). The molecule has 1 aliphatic heterocycles. The molecule has 246 valence electrons. The van der Waals surface area contributed by atoms with E-state index in [-0.39, 0.29) is 11.0 Å². The average molecular weight is 662 g/mol. The van der Waals surface area contributed by atoms with Crippen LogP contribution in [0.15, 0.2) is 103 Å². The fourth-order valence-corrected chi connectivity index (χ4v) is 7.66. The SMILES string of the molecule is Cc1ccc(S(=O)(=O)n2cc(-c3cnn(Cc4cccc(C)c4)c3)c3cc(-c4ccc(N5CCN(CC(C)O)CC5)nc4)cnc32)cc1. The van der Waals surface area contributed by atoms with E-state index in [1.807, 2.05) is 55.2 Å². The van der Waals surface area contributed by atoms with Gasteiger partial charge in [0.25, 0.3) is 10.0 Å². The minimum absolute atomic E-state index is 0.198. The molecule has 0 aliphatic carbocycles. The van der Waals surface area contributed by atoms with E-state index in [1.54, 1.807) is 42.9 Å². The molecule has 2 aromatic carbocycles. The summed E-state index contributed by atoms with van der Waals surface area (Å²) < 4.78 is 31.1. The maximum absolute atomic E-state index is 14.0. The van der Waals surface area contributed by atoms with Crippen molar-refractivity contribution in [1.29, 1.82) is 0 Å². The lowest BCUT2D eigenvalue weighted by Gasteiger charge is -2.35. The number of piperazine rings is 1. The third kappa shape index (κ3) is 6.49. The van der Waals surface area contributed by atoms with E-state index in [9.17, 15) is 13.5 Å². The highest BCUT2D eigenvalue weighted by Crippen LogP contribution is 2.35. The summed E-state index contributed by atoms with van der Waals surface area (Å²) in [7, 11) is -3.93. The van der Waals surface area contributed by atoms with Crippen LogP contribution in [-0.4, -0.2) is 81.0 Å². The van der Waals surface area contributed by atoms with Gasteiger partial charge in [-0.1, -0.05) is 47.5 Å². The van der Waals surface area contributed by atoms with Gasteiger partial charge in [-0.2, -0.15) is 5.10 Å². The first-order valence-electron chi connectivity index (χ1n) is 16.2. The maximum Gasteiger partial charge on any atom is 0.269 e. The van der Waals surface area contributed by atoms with Crippen LogP contribution >= 0.6 is 0 Å². The van der Waals surface area contributed by atoms with Crippen LogP contribution in [0, 0.1) is 13.8 Å². The van der Waals surface area contributed by atoms with Gasteiger partial charge in [0.15, 0.2) is 5.65 Å². The Morgan fingerprint density at radius 3 is 2.29 bits per heavy atom. The number of pyridine rings is 2. The van der Waals surface area contributed by atoms with E-state index in [0.29, 0.717) is 24.1 Å². The average Bonchev–Trinajstić information content (AvgIpc) is 3.70. The van der Waals surface area contributed by atoms with Crippen molar-refractivity contribution in [3.63, 3.8) is 0 Å². The lowest BCUT2D eigenvalue weighted by Crippen LogP contribution is -2.48. The molecule has 11 heteroatoms. The zero-order valence-corrected chi connectivity index (χ0v) is 28.2. The number of benzene rings is 2. The van der Waals surface area contributed by atoms with E-state index in [4.69, 9.17) is 9.97 Å². The zero-order chi connectivity index (χ0) is 33.4. The molecule has 1 saturated heterocycles. The van der Waals surface area contributed by atoms with Gasteiger partial charge in [0.05, 0.1) is 23.7 Å². The lowest BCUT2D eigenvalue weighted by molar-refractivity contribution is 0.122. The minimum Gasteiger partial charge on any atom is -0.392 e. The Balaban J connectivity index is 1.24. The molecule has 0 radical (unpaired) electrons. The van der Waals surface area contributed by atoms with Gasteiger partial charge in [0.2, 0.25) is 0 Å². The molecule has 1 aliphatic rings. The van der Waals surface area contributed by atoms with Gasteiger partial charge in [-0.15, -0.1) is 0 Å². The van der Waals surface area contributed by atoms with Crippen molar-refractivity contribution >= 4 is 26.9 Å². The van der Waals surface area contributed by atoms with E-state index >= 15 is 0 Å². The van der Waals surface area contributed by atoms with E-state index in [2.05, 4.69) is 40.0 Å². The number of fused-ring (bicyclic) bond motifs is 1. The Labute approximate surface area is 281 Å². The Morgan fingerprint density at radius 1 is 0.812 bits per heavy atom. The smallest absolute Gasteiger partial charge is 0.269 e. The Hall–Kier alpha value is -4.84. The Morgan fingerprint density at radius 2 is 1.58 bits per heavy atom. The van der Waals surface area contributed by atoms with Gasteiger partial charge in [-0.25, -0.2) is 22.4 Å². The van der Waals surface area contributed by atoms with Crippen LogP contribution in [0.1, 0.15) is 23.6 Å². The minimum atomic E-state index is -3.93. The highest BCUT2D eigenvalue weighted by Gasteiger charge is 2.24. The van der Waals surface area contributed by atoms with Gasteiger partial charge >= 0.3 is 0 Å². The van der Waals surface area contributed by atoms with Crippen LogP contribution in [0.4, 0.5) is 5.82 Å². The summed E-state index contributed by atoms with van der Waals surface area (Å²) >= 11 is 0. The number of aryl methyl sites for hydroxylation is 2. The van der Waals surface area contributed by atoms with Crippen molar-refractivity contribution in [1.82, 2.24) is 28.6 Å². The molecule has 0 spiro atoms. The van der Waals surface area contributed by atoms with Crippen molar-refractivity contribution in [2.24, 2.45) is 0 Å². The van der Waals surface area contributed by atoms with Crippen molar-refractivity contribution < 1.29 is 13.5 Å². The largest absolute Gasteiger partial charge is 0.392 e. The normalized spacial score (nSPS) is 14.9. The molecule has 4 aromatic heterocycles. The van der Waals surface area contributed by atoms with Crippen LogP contribution in [0.25, 0.3) is 33.3 Å². The van der Waals surface area contributed by atoms with E-state index < -0.39 is 10.0 Å². The molecule has 1 N–H and O–H groups in total. The number of nitrogens with zero attached hydrogens (tertiary/aromatic N) is 7. The molecule has 1 fully saturated rings.